The van der Waals surface area contributed by atoms with Crippen molar-refractivity contribution in [1.82, 2.24) is 10.2 Å². The normalized spacial score (nSPS) is 12.2. The molecule has 12 heteroatoms. The molecular formula is C23H29ClN4O6S. The number of non-ortho nitro benzene ring substituents is 1. The zero-order valence-electron chi connectivity index (χ0n) is 20.0. The Morgan fingerprint density at radius 3 is 2.34 bits per heavy atom. The van der Waals surface area contributed by atoms with Crippen LogP contribution in [0.15, 0.2) is 48.5 Å². The van der Waals surface area contributed by atoms with Crippen molar-refractivity contribution in [3.8, 4) is 0 Å². The van der Waals surface area contributed by atoms with Gasteiger partial charge in [0.1, 0.15) is 12.6 Å². The van der Waals surface area contributed by atoms with Gasteiger partial charge in [0.25, 0.3) is 5.69 Å². The Morgan fingerprint density at radius 1 is 1.11 bits per heavy atom. The minimum Gasteiger partial charge on any atom is -0.354 e. The summed E-state index contributed by atoms with van der Waals surface area (Å²) in [5.41, 5.74) is 0.217. The number of carbonyl (C=O) groups is 2. The zero-order chi connectivity index (χ0) is 26.3. The molecule has 10 nitrogen and oxygen atoms in total. The average Bonchev–Trinajstić information content (AvgIpc) is 2.79. The quantitative estimate of drug-likeness (QED) is 0.355. The first kappa shape index (κ1) is 28.1. The Labute approximate surface area is 210 Å². The third-order valence-electron chi connectivity index (χ3n) is 5.16. The molecule has 2 aromatic rings. The van der Waals surface area contributed by atoms with Crippen molar-refractivity contribution in [3.63, 3.8) is 0 Å². The topological polar surface area (TPSA) is 130 Å². The summed E-state index contributed by atoms with van der Waals surface area (Å²) >= 11 is 6.27. The van der Waals surface area contributed by atoms with Crippen LogP contribution >= 0.6 is 11.6 Å². The molecule has 35 heavy (non-hydrogen) atoms. The first-order valence-electron chi connectivity index (χ1n) is 10.8. The minimum atomic E-state index is -4.00. The number of nitrogens with zero attached hydrogens (tertiary/aromatic N) is 3. The van der Waals surface area contributed by atoms with Crippen molar-refractivity contribution in [2.24, 2.45) is 5.92 Å². The number of anilines is 1. The van der Waals surface area contributed by atoms with Crippen LogP contribution in [0.1, 0.15) is 26.3 Å². The van der Waals surface area contributed by atoms with Gasteiger partial charge in [-0.1, -0.05) is 49.7 Å². The Balaban J connectivity index is 2.42. The molecule has 0 unspecified atom stereocenters. The van der Waals surface area contributed by atoms with Crippen LogP contribution in [0.5, 0.6) is 0 Å². The summed E-state index contributed by atoms with van der Waals surface area (Å²) in [6.07, 6.45) is 0.899. The van der Waals surface area contributed by atoms with Gasteiger partial charge in [-0.2, -0.15) is 0 Å². The van der Waals surface area contributed by atoms with Gasteiger partial charge >= 0.3 is 0 Å². The molecular weight excluding hydrogens is 496 g/mol. The molecule has 1 N–H and O–H groups in total. The molecule has 2 amide bonds. The lowest BCUT2D eigenvalue weighted by Gasteiger charge is -2.31. The van der Waals surface area contributed by atoms with E-state index in [9.17, 15) is 28.1 Å². The van der Waals surface area contributed by atoms with Crippen LogP contribution < -0.4 is 9.62 Å². The van der Waals surface area contributed by atoms with Crippen molar-refractivity contribution in [2.75, 3.05) is 23.7 Å². The third-order valence-corrected chi connectivity index (χ3v) is 6.67. The number of nitro benzene ring substituents is 1. The van der Waals surface area contributed by atoms with Gasteiger partial charge in [0.05, 0.1) is 16.9 Å². The van der Waals surface area contributed by atoms with Gasteiger partial charge in [0.2, 0.25) is 21.8 Å². The molecule has 0 aliphatic heterocycles. The first-order valence-corrected chi connectivity index (χ1v) is 13.1. The highest BCUT2D eigenvalue weighted by Gasteiger charge is 2.31. The fraction of sp³-hybridized carbons (Fsp3) is 0.391. The molecule has 190 valence electrons. The summed E-state index contributed by atoms with van der Waals surface area (Å²) in [7, 11) is -4.00. The maximum atomic E-state index is 13.5. The molecule has 0 saturated heterocycles. The van der Waals surface area contributed by atoms with E-state index in [1.807, 2.05) is 13.8 Å². The Hall–Kier alpha value is -3.18. The van der Waals surface area contributed by atoms with E-state index in [-0.39, 0.29) is 23.8 Å². The van der Waals surface area contributed by atoms with Crippen molar-refractivity contribution >= 4 is 44.8 Å². The number of nitro groups is 1. The molecule has 0 spiro atoms. The lowest BCUT2D eigenvalue weighted by molar-refractivity contribution is -0.384. The molecule has 2 aromatic carbocycles. The van der Waals surface area contributed by atoms with Crippen LogP contribution in [-0.2, 0) is 26.2 Å². The number of nitrogens with one attached hydrogen (secondary N) is 1. The Bertz CT molecular complexity index is 1190. The summed E-state index contributed by atoms with van der Waals surface area (Å²) < 4.78 is 25.9. The van der Waals surface area contributed by atoms with Gasteiger partial charge < -0.3 is 10.2 Å². The number of sulfonamides is 1. The van der Waals surface area contributed by atoms with E-state index in [4.69, 9.17) is 11.6 Å². The number of carbonyl (C=O) groups excluding carboxylic acids is 2. The fourth-order valence-electron chi connectivity index (χ4n) is 3.22. The highest BCUT2D eigenvalue weighted by Crippen LogP contribution is 2.24. The second-order valence-electron chi connectivity index (χ2n) is 8.47. The van der Waals surface area contributed by atoms with E-state index in [0.29, 0.717) is 17.1 Å². The summed E-state index contributed by atoms with van der Waals surface area (Å²) in [6.45, 7) is 5.11. The maximum absolute atomic E-state index is 13.5. The number of halogens is 1. The van der Waals surface area contributed by atoms with Gasteiger partial charge in [-0.05, 0) is 30.5 Å². The van der Waals surface area contributed by atoms with Gasteiger partial charge in [0.15, 0.2) is 0 Å². The monoisotopic (exact) mass is 524 g/mol. The molecule has 2 rings (SSSR count). The number of amides is 2. The van der Waals surface area contributed by atoms with E-state index in [1.54, 1.807) is 31.2 Å². The van der Waals surface area contributed by atoms with Gasteiger partial charge in [-0.15, -0.1) is 0 Å². The standard InChI is InChI=1S/C23H29ClN4O6S/c1-16(2)13-25-23(30)17(3)26(14-18-8-5-6-11-21(18)24)22(29)15-27(35(4,33)34)19-9-7-10-20(12-19)28(31)32/h5-12,16-17H,13-15H2,1-4H3,(H,25,30)/t17-/m0/s1. The largest absolute Gasteiger partial charge is 0.354 e. The molecule has 0 fully saturated rings. The first-order chi connectivity index (χ1) is 16.3. The summed E-state index contributed by atoms with van der Waals surface area (Å²) in [4.78, 5) is 38.0. The third kappa shape index (κ3) is 7.93. The van der Waals surface area contributed by atoms with E-state index in [1.165, 1.54) is 23.1 Å². The van der Waals surface area contributed by atoms with E-state index in [0.717, 1.165) is 16.6 Å². The van der Waals surface area contributed by atoms with Crippen molar-refractivity contribution in [3.05, 3.63) is 69.2 Å². The van der Waals surface area contributed by atoms with Crippen LogP contribution in [0.4, 0.5) is 11.4 Å². The second kappa shape index (κ2) is 12.0. The van der Waals surface area contributed by atoms with Crippen LogP contribution in [0.25, 0.3) is 0 Å². The van der Waals surface area contributed by atoms with Crippen LogP contribution in [0.2, 0.25) is 5.02 Å². The van der Waals surface area contributed by atoms with E-state index in [2.05, 4.69) is 5.32 Å². The van der Waals surface area contributed by atoms with Gasteiger partial charge in [0, 0.05) is 30.2 Å². The smallest absolute Gasteiger partial charge is 0.271 e. The predicted molar refractivity (Wildman–Crippen MR) is 135 cm³/mol. The number of hydrogen-bond donors (Lipinski definition) is 1. The highest BCUT2D eigenvalue weighted by atomic mass is 35.5. The SMILES string of the molecule is CC(C)CNC(=O)[C@H](C)N(Cc1ccccc1Cl)C(=O)CN(c1cccc([N+](=O)[O-])c1)S(C)(=O)=O. The van der Waals surface area contributed by atoms with Crippen LogP contribution in [-0.4, -0.2) is 55.4 Å². The number of hydrogen-bond acceptors (Lipinski definition) is 6. The molecule has 0 saturated carbocycles. The summed E-state index contributed by atoms with van der Waals surface area (Å²) in [6, 6.07) is 10.9. The second-order valence-corrected chi connectivity index (χ2v) is 10.8. The summed E-state index contributed by atoms with van der Waals surface area (Å²) in [5, 5.41) is 14.3. The van der Waals surface area contributed by atoms with Crippen molar-refractivity contribution in [2.45, 2.75) is 33.4 Å². The molecule has 0 aliphatic rings. The highest BCUT2D eigenvalue weighted by molar-refractivity contribution is 7.92. The average molecular weight is 525 g/mol. The molecule has 0 aliphatic carbocycles. The van der Waals surface area contributed by atoms with E-state index < -0.39 is 39.3 Å². The lowest BCUT2D eigenvalue weighted by atomic mass is 10.1. The molecule has 0 heterocycles. The van der Waals surface area contributed by atoms with Crippen LogP contribution in [0, 0.1) is 16.0 Å². The lowest BCUT2D eigenvalue weighted by Crippen LogP contribution is -2.51. The molecule has 0 radical (unpaired) electrons. The maximum Gasteiger partial charge on any atom is 0.271 e. The predicted octanol–water partition coefficient (Wildman–Crippen LogP) is 3.20. The minimum absolute atomic E-state index is 0.0374. The molecule has 0 bridgehead atoms. The summed E-state index contributed by atoms with van der Waals surface area (Å²) in [5.74, 6) is -0.886. The molecule has 0 aromatic heterocycles. The van der Waals surface area contributed by atoms with Crippen LogP contribution in [0.3, 0.4) is 0 Å². The van der Waals surface area contributed by atoms with Crippen molar-refractivity contribution < 1.29 is 22.9 Å². The molecule has 1 atom stereocenters. The number of rotatable bonds is 11. The van der Waals surface area contributed by atoms with Gasteiger partial charge in [-0.3, -0.25) is 24.0 Å². The fourth-order valence-corrected chi connectivity index (χ4v) is 4.26. The van der Waals surface area contributed by atoms with Crippen molar-refractivity contribution in [1.29, 1.82) is 0 Å². The Kier molecular flexibility index (Phi) is 9.61. The Morgan fingerprint density at radius 2 is 1.77 bits per heavy atom. The zero-order valence-corrected chi connectivity index (χ0v) is 21.5. The van der Waals surface area contributed by atoms with Gasteiger partial charge in [-0.25, -0.2) is 8.42 Å². The number of benzene rings is 2. The van der Waals surface area contributed by atoms with E-state index >= 15 is 0 Å².